The van der Waals surface area contributed by atoms with Crippen molar-refractivity contribution in [3.8, 4) is 0 Å². The summed E-state index contributed by atoms with van der Waals surface area (Å²) in [6.45, 7) is 6.11. The van der Waals surface area contributed by atoms with Crippen LogP contribution in [-0.4, -0.2) is 22.8 Å². The quantitative estimate of drug-likeness (QED) is 0.541. The van der Waals surface area contributed by atoms with Gasteiger partial charge in [0.1, 0.15) is 0 Å². The summed E-state index contributed by atoms with van der Waals surface area (Å²) in [5.41, 5.74) is 2.46. The van der Waals surface area contributed by atoms with Gasteiger partial charge in [0.2, 0.25) is 11.8 Å². The summed E-state index contributed by atoms with van der Waals surface area (Å²) >= 11 is 0. The molecular weight excluding hydrogens is 456 g/mol. The van der Waals surface area contributed by atoms with Crippen LogP contribution in [0.4, 0.5) is 0 Å². The van der Waals surface area contributed by atoms with E-state index in [2.05, 4.69) is 78.7 Å². The third-order valence-corrected chi connectivity index (χ3v) is 10.7. The number of fused-ring (bicyclic) bond motifs is 5. The molecule has 3 saturated carbocycles. The molecule has 3 aliphatic carbocycles. The number of hydrogen-bond donors (Lipinski definition) is 1. The Morgan fingerprint density at radius 1 is 0.865 bits per heavy atom. The van der Waals surface area contributed by atoms with Crippen molar-refractivity contribution in [2.24, 2.45) is 34.5 Å². The molecule has 0 aromatic heterocycles. The van der Waals surface area contributed by atoms with Crippen molar-refractivity contribution >= 4 is 11.8 Å². The number of nitrogens with zero attached hydrogens (tertiary/aromatic N) is 1. The first kappa shape index (κ1) is 24.5. The van der Waals surface area contributed by atoms with Crippen LogP contribution < -0.4 is 5.32 Å². The summed E-state index contributed by atoms with van der Waals surface area (Å²) in [6.07, 6.45) is 10.6. The molecule has 37 heavy (non-hydrogen) atoms. The molecule has 4 nitrogen and oxygen atoms in total. The van der Waals surface area contributed by atoms with Crippen molar-refractivity contribution in [2.75, 3.05) is 0 Å². The predicted octanol–water partition coefficient (Wildman–Crippen LogP) is 6.13. The first-order valence-corrected chi connectivity index (χ1v) is 14.2. The lowest BCUT2D eigenvalue weighted by molar-refractivity contribution is -0.145. The lowest BCUT2D eigenvalue weighted by Gasteiger charge is -2.58. The maximum Gasteiger partial charge on any atom is 0.243 e. The highest BCUT2D eigenvalue weighted by atomic mass is 16.2. The average Bonchev–Trinajstić information content (AvgIpc) is 3.27. The van der Waals surface area contributed by atoms with Gasteiger partial charge in [0, 0.05) is 30.5 Å². The van der Waals surface area contributed by atoms with Crippen LogP contribution in [0.3, 0.4) is 0 Å². The largest absolute Gasteiger partial charge is 0.349 e. The fraction of sp³-hybridized carbons (Fsp3) is 0.515. The Morgan fingerprint density at radius 3 is 2.16 bits per heavy atom. The summed E-state index contributed by atoms with van der Waals surface area (Å²) in [5, 5.41) is 3.26. The van der Waals surface area contributed by atoms with Crippen molar-refractivity contribution in [3.63, 3.8) is 0 Å². The van der Waals surface area contributed by atoms with Gasteiger partial charge < -0.3 is 10.2 Å². The molecule has 2 aromatic carbocycles. The third-order valence-electron chi connectivity index (χ3n) is 10.7. The smallest absolute Gasteiger partial charge is 0.243 e. The van der Waals surface area contributed by atoms with Gasteiger partial charge >= 0.3 is 0 Å². The Morgan fingerprint density at radius 2 is 1.51 bits per heavy atom. The molecule has 0 saturated heterocycles. The van der Waals surface area contributed by atoms with E-state index < -0.39 is 0 Å². The van der Waals surface area contributed by atoms with E-state index in [0.29, 0.717) is 36.8 Å². The number of hydrogen-bond acceptors (Lipinski definition) is 2. The highest BCUT2D eigenvalue weighted by Crippen LogP contribution is 2.65. The topological polar surface area (TPSA) is 49.4 Å². The van der Waals surface area contributed by atoms with Gasteiger partial charge in [0.25, 0.3) is 0 Å². The zero-order valence-corrected chi connectivity index (χ0v) is 22.2. The molecule has 7 atom stereocenters. The molecule has 194 valence electrons. The molecule has 6 rings (SSSR count). The molecule has 4 heteroatoms. The van der Waals surface area contributed by atoms with Crippen LogP contribution in [0, 0.1) is 34.5 Å². The Labute approximate surface area is 221 Å². The van der Waals surface area contributed by atoms with Gasteiger partial charge in [0.15, 0.2) is 0 Å². The normalized spacial score (nSPS) is 36.2. The standard InChI is InChI=1S/C33H40N2O2/c1-32-19-17-27-25(13-16-29-33(27,2)20-18-30(36)34-29)26(32)14-15-28(32)31(37)35(21-23-9-5-3-6-10-23)22-24-11-7-4-8-12-24/h3-12,18,20,25-29H,13-17,19,21-22H2,1-2H3,(H,34,36)/t25-,26-,27-,28+,29+,32-,33+/m0/s1. The van der Waals surface area contributed by atoms with Crippen molar-refractivity contribution in [3.05, 3.63) is 83.9 Å². The van der Waals surface area contributed by atoms with E-state index >= 15 is 0 Å². The first-order chi connectivity index (χ1) is 17.9. The van der Waals surface area contributed by atoms with Gasteiger partial charge in [-0.2, -0.15) is 0 Å². The zero-order chi connectivity index (χ0) is 25.6. The summed E-state index contributed by atoms with van der Waals surface area (Å²) < 4.78 is 0. The van der Waals surface area contributed by atoms with Gasteiger partial charge in [-0.25, -0.2) is 0 Å². The van der Waals surface area contributed by atoms with E-state index in [4.69, 9.17) is 0 Å². The number of carbonyl (C=O) groups excluding carboxylic acids is 2. The second kappa shape index (κ2) is 9.45. The van der Waals surface area contributed by atoms with Crippen LogP contribution in [0.5, 0.6) is 0 Å². The van der Waals surface area contributed by atoms with Crippen molar-refractivity contribution in [1.29, 1.82) is 0 Å². The Kier molecular flexibility index (Phi) is 6.25. The van der Waals surface area contributed by atoms with Gasteiger partial charge in [-0.05, 0) is 78.9 Å². The highest BCUT2D eigenvalue weighted by Gasteiger charge is 2.61. The van der Waals surface area contributed by atoms with Gasteiger partial charge in [-0.3, -0.25) is 9.59 Å². The lowest BCUT2D eigenvalue weighted by atomic mass is 9.48. The Hall–Kier alpha value is -2.88. The SMILES string of the molecule is C[C@]12C=CC(=O)N[C@@H]1CC[C@@H]1[C@@H]2CC[C@]2(C)[C@@H](C(=O)N(Cc3ccccc3)Cc3ccccc3)CC[C@@H]12. The van der Waals surface area contributed by atoms with E-state index in [9.17, 15) is 9.59 Å². The van der Waals surface area contributed by atoms with E-state index in [0.717, 1.165) is 38.5 Å². The van der Waals surface area contributed by atoms with E-state index in [1.54, 1.807) is 6.08 Å². The molecular formula is C33H40N2O2. The van der Waals surface area contributed by atoms with Crippen LogP contribution in [-0.2, 0) is 22.7 Å². The predicted molar refractivity (Wildman–Crippen MR) is 146 cm³/mol. The molecule has 0 spiro atoms. The number of carbonyl (C=O) groups is 2. The molecule has 2 amide bonds. The highest BCUT2D eigenvalue weighted by molar-refractivity contribution is 5.89. The molecule has 4 aliphatic rings. The van der Waals surface area contributed by atoms with Gasteiger partial charge in [-0.15, -0.1) is 0 Å². The lowest BCUT2D eigenvalue weighted by Crippen LogP contribution is -2.59. The Balaban J connectivity index is 1.25. The van der Waals surface area contributed by atoms with Crippen LogP contribution in [0.1, 0.15) is 63.5 Å². The van der Waals surface area contributed by atoms with Crippen molar-refractivity contribution in [2.45, 2.75) is 71.5 Å². The molecule has 1 aliphatic heterocycles. The second-order valence-corrected chi connectivity index (χ2v) is 12.6. The van der Waals surface area contributed by atoms with Crippen LogP contribution in [0.15, 0.2) is 72.8 Å². The summed E-state index contributed by atoms with van der Waals surface area (Å²) in [5.74, 6) is 2.28. The molecule has 2 aromatic rings. The van der Waals surface area contributed by atoms with Crippen molar-refractivity contribution < 1.29 is 9.59 Å². The maximum absolute atomic E-state index is 14.4. The number of benzene rings is 2. The number of amides is 2. The second-order valence-electron chi connectivity index (χ2n) is 12.6. The van der Waals surface area contributed by atoms with Crippen LogP contribution >= 0.6 is 0 Å². The van der Waals surface area contributed by atoms with Crippen LogP contribution in [0.2, 0.25) is 0 Å². The molecule has 1 heterocycles. The van der Waals surface area contributed by atoms with E-state index in [1.807, 2.05) is 12.1 Å². The molecule has 1 N–H and O–H groups in total. The fourth-order valence-corrected chi connectivity index (χ4v) is 8.78. The summed E-state index contributed by atoms with van der Waals surface area (Å²) in [6, 6.07) is 21.1. The molecule has 3 fully saturated rings. The molecule has 0 radical (unpaired) electrons. The maximum atomic E-state index is 14.4. The van der Waals surface area contributed by atoms with Crippen LogP contribution in [0.25, 0.3) is 0 Å². The first-order valence-electron chi connectivity index (χ1n) is 14.2. The minimum atomic E-state index is 0.0346. The van der Waals surface area contributed by atoms with E-state index in [-0.39, 0.29) is 28.7 Å². The van der Waals surface area contributed by atoms with E-state index in [1.165, 1.54) is 11.1 Å². The average molecular weight is 497 g/mol. The molecule has 0 unspecified atom stereocenters. The van der Waals surface area contributed by atoms with Gasteiger partial charge in [-0.1, -0.05) is 80.6 Å². The fourth-order valence-electron chi connectivity index (χ4n) is 8.78. The number of nitrogens with one attached hydrogen (secondary N) is 1. The minimum Gasteiger partial charge on any atom is -0.349 e. The summed E-state index contributed by atoms with van der Waals surface area (Å²) in [7, 11) is 0. The minimum absolute atomic E-state index is 0.0346. The molecule has 0 bridgehead atoms. The van der Waals surface area contributed by atoms with Crippen molar-refractivity contribution in [1.82, 2.24) is 10.2 Å². The zero-order valence-electron chi connectivity index (χ0n) is 22.2. The number of rotatable bonds is 5. The van der Waals surface area contributed by atoms with Gasteiger partial charge in [0.05, 0.1) is 0 Å². The summed E-state index contributed by atoms with van der Waals surface area (Å²) in [4.78, 5) is 28.5. The monoisotopic (exact) mass is 496 g/mol. The third kappa shape index (κ3) is 4.23. The Bertz CT molecular complexity index is 1140.